The molecule has 3 heterocycles. The number of amides is 2. The molecule has 0 radical (unpaired) electrons. The van der Waals surface area contributed by atoms with Crippen molar-refractivity contribution < 1.29 is 9.59 Å². The van der Waals surface area contributed by atoms with Crippen molar-refractivity contribution in [2.24, 2.45) is 0 Å². The number of aromatic nitrogens is 3. The monoisotopic (exact) mass is 480 g/mol. The Bertz CT molecular complexity index is 1080. The van der Waals surface area contributed by atoms with Crippen LogP contribution in [0.2, 0.25) is 5.02 Å². The number of nitrogens with one attached hydrogen (secondary N) is 1. The van der Waals surface area contributed by atoms with Gasteiger partial charge in [0.2, 0.25) is 5.91 Å². The first-order valence-corrected chi connectivity index (χ1v) is 11.9. The Morgan fingerprint density at radius 1 is 1.09 bits per heavy atom. The van der Waals surface area contributed by atoms with Crippen LogP contribution in [0.5, 0.6) is 0 Å². The number of anilines is 1. The number of pyridine rings is 1. The normalized spacial score (nSPS) is 14.6. The minimum Gasteiger partial charge on any atom is -0.353 e. The Labute approximate surface area is 204 Å². The average molecular weight is 481 g/mol. The summed E-state index contributed by atoms with van der Waals surface area (Å²) in [5, 5.41) is 3.59. The van der Waals surface area contributed by atoms with Gasteiger partial charge in [0.25, 0.3) is 5.91 Å². The van der Waals surface area contributed by atoms with E-state index in [2.05, 4.69) is 20.2 Å². The molecule has 0 aliphatic carbocycles. The molecule has 34 heavy (non-hydrogen) atoms. The summed E-state index contributed by atoms with van der Waals surface area (Å²) >= 11 is 5.96. The topological polar surface area (TPSA) is 83.4 Å². The molecule has 3 aromatic rings. The van der Waals surface area contributed by atoms with Crippen molar-refractivity contribution in [1.82, 2.24) is 24.8 Å². The van der Waals surface area contributed by atoms with Gasteiger partial charge in [-0.1, -0.05) is 23.7 Å². The third kappa shape index (κ3) is 5.94. The number of carbonyl (C=O) groups is 2. The zero-order valence-corrected chi connectivity index (χ0v) is 20.0. The minimum atomic E-state index is -0.209. The molecular formula is C25H29ClN6O2. The van der Waals surface area contributed by atoms with E-state index in [0.29, 0.717) is 43.3 Å². The van der Waals surface area contributed by atoms with Crippen molar-refractivity contribution in [3.63, 3.8) is 0 Å². The fourth-order valence-corrected chi connectivity index (χ4v) is 4.14. The Kier molecular flexibility index (Phi) is 7.80. The molecule has 1 aliphatic rings. The number of piperazine rings is 1. The maximum absolute atomic E-state index is 12.9. The molecule has 1 unspecified atom stereocenters. The Balaban J connectivity index is 1.23. The molecular weight excluding hydrogens is 452 g/mol. The van der Waals surface area contributed by atoms with E-state index in [1.807, 2.05) is 52.9 Å². The van der Waals surface area contributed by atoms with E-state index in [4.69, 9.17) is 11.6 Å². The van der Waals surface area contributed by atoms with Gasteiger partial charge < -0.3 is 19.7 Å². The quantitative estimate of drug-likeness (QED) is 0.500. The highest BCUT2D eigenvalue weighted by Crippen LogP contribution is 2.22. The molecule has 0 bridgehead atoms. The standard InChI is InChI=1S/C25H29ClN6O2/c1-19(20-3-6-22(26)7-4-20)25(34)32-15-13-31(14-16-32)23-8-5-21(17-29-23)24(33)28-9-2-11-30-12-10-27-18-30/h3-8,10,12,17-19H,2,9,11,13-16H2,1H3,(H,28,33). The van der Waals surface area contributed by atoms with E-state index in [9.17, 15) is 9.59 Å². The number of carbonyl (C=O) groups excluding carboxylic acids is 2. The van der Waals surface area contributed by atoms with E-state index < -0.39 is 0 Å². The molecule has 1 fully saturated rings. The maximum atomic E-state index is 12.9. The second-order valence-corrected chi connectivity index (χ2v) is 8.84. The molecule has 0 saturated carbocycles. The van der Waals surface area contributed by atoms with Gasteiger partial charge in [0.1, 0.15) is 5.82 Å². The number of halogens is 1. The Hall–Kier alpha value is -3.39. The molecule has 8 nitrogen and oxygen atoms in total. The molecule has 2 amide bonds. The summed E-state index contributed by atoms with van der Waals surface area (Å²) in [6.07, 6.45) is 7.85. The highest BCUT2D eigenvalue weighted by molar-refractivity contribution is 6.30. The second kappa shape index (κ2) is 11.2. The minimum absolute atomic E-state index is 0.120. The van der Waals surface area contributed by atoms with Gasteiger partial charge in [0.15, 0.2) is 0 Å². The molecule has 0 spiro atoms. The summed E-state index contributed by atoms with van der Waals surface area (Å²) < 4.78 is 1.98. The first-order chi connectivity index (χ1) is 16.5. The van der Waals surface area contributed by atoms with Crippen LogP contribution in [0.1, 0.15) is 35.2 Å². The van der Waals surface area contributed by atoms with Crippen molar-refractivity contribution in [2.75, 3.05) is 37.6 Å². The summed E-state index contributed by atoms with van der Waals surface area (Å²) in [5.74, 6) is 0.598. The van der Waals surface area contributed by atoms with Gasteiger partial charge in [-0.3, -0.25) is 9.59 Å². The van der Waals surface area contributed by atoms with Crippen LogP contribution in [-0.4, -0.2) is 64.0 Å². The van der Waals surface area contributed by atoms with E-state index in [0.717, 1.165) is 24.3 Å². The fraction of sp³-hybridized carbons (Fsp3) is 0.360. The Morgan fingerprint density at radius 2 is 1.85 bits per heavy atom. The van der Waals surface area contributed by atoms with Gasteiger partial charge in [0.05, 0.1) is 17.8 Å². The van der Waals surface area contributed by atoms with Crippen molar-refractivity contribution in [3.8, 4) is 0 Å². The number of hydrogen-bond acceptors (Lipinski definition) is 5. The zero-order chi connectivity index (χ0) is 23.9. The molecule has 1 atom stereocenters. The van der Waals surface area contributed by atoms with Gasteiger partial charge in [-0.2, -0.15) is 0 Å². The van der Waals surface area contributed by atoms with Gasteiger partial charge in [-0.05, 0) is 43.2 Å². The zero-order valence-electron chi connectivity index (χ0n) is 19.2. The van der Waals surface area contributed by atoms with Crippen LogP contribution in [-0.2, 0) is 11.3 Å². The van der Waals surface area contributed by atoms with Crippen molar-refractivity contribution in [2.45, 2.75) is 25.8 Å². The van der Waals surface area contributed by atoms with Gasteiger partial charge in [0, 0.05) is 62.9 Å². The summed E-state index contributed by atoms with van der Waals surface area (Å²) in [4.78, 5) is 37.8. The van der Waals surface area contributed by atoms with Crippen LogP contribution < -0.4 is 10.2 Å². The van der Waals surface area contributed by atoms with E-state index in [-0.39, 0.29) is 17.7 Å². The number of imidazole rings is 1. The maximum Gasteiger partial charge on any atom is 0.252 e. The van der Waals surface area contributed by atoms with Gasteiger partial charge >= 0.3 is 0 Å². The van der Waals surface area contributed by atoms with Crippen LogP contribution in [0.4, 0.5) is 5.82 Å². The third-order valence-corrected chi connectivity index (χ3v) is 6.36. The Morgan fingerprint density at radius 3 is 2.50 bits per heavy atom. The highest BCUT2D eigenvalue weighted by atomic mass is 35.5. The van der Waals surface area contributed by atoms with Crippen LogP contribution in [0.3, 0.4) is 0 Å². The number of benzene rings is 1. The van der Waals surface area contributed by atoms with Crippen molar-refractivity contribution in [3.05, 3.63) is 77.5 Å². The largest absolute Gasteiger partial charge is 0.353 e. The van der Waals surface area contributed by atoms with Crippen LogP contribution in [0.15, 0.2) is 61.3 Å². The summed E-state index contributed by atoms with van der Waals surface area (Å²) in [7, 11) is 0. The summed E-state index contributed by atoms with van der Waals surface area (Å²) in [6.45, 7) is 6.00. The second-order valence-electron chi connectivity index (χ2n) is 8.40. The number of aryl methyl sites for hydroxylation is 1. The third-order valence-electron chi connectivity index (χ3n) is 6.10. The first-order valence-electron chi connectivity index (χ1n) is 11.5. The van der Waals surface area contributed by atoms with Crippen molar-refractivity contribution >= 4 is 29.2 Å². The molecule has 1 aliphatic heterocycles. The van der Waals surface area contributed by atoms with E-state index in [1.54, 1.807) is 24.8 Å². The lowest BCUT2D eigenvalue weighted by Gasteiger charge is -2.36. The summed E-state index contributed by atoms with van der Waals surface area (Å²) in [5.41, 5.74) is 1.51. The fourth-order valence-electron chi connectivity index (χ4n) is 4.02. The SMILES string of the molecule is CC(C(=O)N1CCN(c2ccc(C(=O)NCCCn3ccnc3)cn2)CC1)c1ccc(Cl)cc1. The van der Waals surface area contributed by atoms with Crippen LogP contribution >= 0.6 is 11.6 Å². The number of nitrogens with zero attached hydrogens (tertiary/aromatic N) is 5. The lowest BCUT2D eigenvalue weighted by atomic mass is 9.99. The summed E-state index contributed by atoms with van der Waals surface area (Å²) in [6, 6.07) is 11.1. The molecule has 2 aromatic heterocycles. The van der Waals surface area contributed by atoms with Crippen molar-refractivity contribution in [1.29, 1.82) is 0 Å². The van der Waals surface area contributed by atoms with E-state index in [1.165, 1.54) is 0 Å². The van der Waals surface area contributed by atoms with Gasteiger partial charge in [-0.25, -0.2) is 9.97 Å². The molecule has 4 rings (SSSR count). The van der Waals surface area contributed by atoms with Gasteiger partial charge in [-0.15, -0.1) is 0 Å². The number of hydrogen-bond donors (Lipinski definition) is 1. The number of rotatable bonds is 8. The molecule has 1 N–H and O–H groups in total. The molecule has 9 heteroatoms. The van der Waals surface area contributed by atoms with Crippen LogP contribution in [0.25, 0.3) is 0 Å². The van der Waals surface area contributed by atoms with E-state index >= 15 is 0 Å². The molecule has 1 aromatic carbocycles. The lowest BCUT2D eigenvalue weighted by Crippen LogP contribution is -2.50. The smallest absolute Gasteiger partial charge is 0.252 e. The highest BCUT2D eigenvalue weighted by Gasteiger charge is 2.26. The van der Waals surface area contributed by atoms with Crippen LogP contribution in [0, 0.1) is 0 Å². The predicted octanol–water partition coefficient (Wildman–Crippen LogP) is 3.20. The molecule has 178 valence electrons. The average Bonchev–Trinajstić information content (AvgIpc) is 3.40. The lowest BCUT2D eigenvalue weighted by molar-refractivity contribution is -0.132. The predicted molar refractivity (Wildman–Crippen MR) is 132 cm³/mol. The molecule has 1 saturated heterocycles. The first kappa shape index (κ1) is 23.8.